The van der Waals surface area contributed by atoms with E-state index in [0.29, 0.717) is 0 Å². The minimum absolute atomic E-state index is 0.224. The van der Waals surface area contributed by atoms with Crippen molar-refractivity contribution in [2.75, 3.05) is 7.05 Å². The average molecular weight is 236 g/mol. The second kappa shape index (κ2) is 3.81. The molecule has 0 bridgehead atoms. The summed E-state index contributed by atoms with van der Waals surface area (Å²) < 4.78 is 0. The lowest BCUT2D eigenvalue weighted by Gasteiger charge is -2.45. The van der Waals surface area contributed by atoms with E-state index in [4.69, 9.17) is 4.98 Å². The highest BCUT2D eigenvalue weighted by Gasteiger charge is 2.44. The normalized spacial score (nSPS) is 33.2. The van der Waals surface area contributed by atoms with Gasteiger partial charge in [-0.2, -0.15) is 0 Å². The van der Waals surface area contributed by atoms with Crippen molar-refractivity contribution < 1.29 is 0 Å². The Kier molecular flexibility index (Phi) is 2.55. The van der Waals surface area contributed by atoms with Gasteiger partial charge in [-0.05, 0) is 51.5 Å². The molecule has 1 saturated carbocycles. The van der Waals surface area contributed by atoms with Gasteiger partial charge < -0.3 is 5.32 Å². The van der Waals surface area contributed by atoms with Crippen molar-refractivity contribution in [3.8, 4) is 0 Å². The number of nitrogens with zero attached hydrogens (tertiary/aromatic N) is 1. The lowest BCUT2D eigenvalue weighted by atomic mass is 9.69. The predicted octanol–water partition coefficient (Wildman–Crippen LogP) is 2.87. The Morgan fingerprint density at radius 3 is 2.69 bits per heavy atom. The summed E-state index contributed by atoms with van der Waals surface area (Å²) in [7, 11) is 2.09. The van der Waals surface area contributed by atoms with Crippen molar-refractivity contribution in [2.45, 2.75) is 51.0 Å². The summed E-state index contributed by atoms with van der Waals surface area (Å²) in [6.07, 6.45) is 7.69. The highest BCUT2D eigenvalue weighted by Crippen LogP contribution is 2.47. The van der Waals surface area contributed by atoms with Crippen molar-refractivity contribution in [3.05, 3.63) is 15.6 Å². The molecule has 1 fully saturated rings. The largest absolute Gasteiger partial charge is 0.308 e. The van der Waals surface area contributed by atoms with Gasteiger partial charge in [-0.3, -0.25) is 0 Å². The monoisotopic (exact) mass is 236 g/mol. The van der Waals surface area contributed by atoms with E-state index in [1.807, 2.05) is 11.3 Å². The number of aromatic nitrogens is 1. The van der Waals surface area contributed by atoms with Crippen LogP contribution in [0.25, 0.3) is 0 Å². The van der Waals surface area contributed by atoms with Gasteiger partial charge in [0.1, 0.15) is 5.01 Å². The molecule has 0 amide bonds. The third-order valence-corrected chi connectivity index (χ3v) is 5.49. The van der Waals surface area contributed by atoms with Gasteiger partial charge in [0, 0.05) is 4.88 Å². The summed E-state index contributed by atoms with van der Waals surface area (Å²) in [5.41, 5.74) is 1.63. The van der Waals surface area contributed by atoms with Crippen molar-refractivity contribution in [3.63, 3.8) is 0 Å². The van der Waals surface area contributed by atoms with Gasteiger partial charge in [-0.15, -0.1) is 11.3 Å². The smallest absolute Gasteiger partial charge is 0.113 e. The van der Waals surface area contributed by atoms with Crippen molar-refractivity contribution in [1.29, 1.82) is 0 Å². The number of thiazole rings is 1. The molecule has 0 aromatic carbocycles. The molecule has 1 aromatic heterocycles. The van der Waals surface area contributed by atoms with Gasteiger partial charge in [-0.1, -0.05) is 6.92 Å². The minimum atomic E-state index is 0.224. The van der Waals surface area contributed by atoms with E-state index in [1.165, 1.54) is 49.2 Å². The Morgan fingerprint density at radius 2 is 2.06 bits per heavy atom. The second-order valence-corrected chi connectivity index (χ2v) is 6.53. The fraction of sp³-hybridized carbons (Fsp3) is 0.769. The highest BCUT2D eigenvalue weighted by molar-refractivity contribution is 7.11. The van der Waals surface area contributed by atoms with Crippen molar-refractivity contribution in [2.24, 2.45) is 5.92 Å². The maximum atomic E-state index is 4.91. The van der Waals surface area contributed by atoms with E-state index < -0.39 is 0 Å². The van der Waals surface area contributed by atoms with Crippen LogP contribution in [0.1, 0.15) is 48.2 Å². The quantitative estimate of drug-likeness (QED) is 0.854. The second-order valence-electron chi connectivity index (χ2n) is 5.44. The number of hydrogen-bond donors (Lipinski definition) is 1. The average Bonchev–Trinajstić information content (AvgIpc) is 2.68. The van der Waals surface area contributed by atoms with Gasteiger partial charge in [0.15, 0.2) is 0 Å². The van der Waals surface area contributed by atoms with Crippen LogP contribution < -0.4 is 5.32 Å². The Balaban J connectivity index is 1.91. The van der Waals surface area contributed by atoms with E-state index in [0.717, 1.165) is 5.92 Å². The standard InChI is InChI=1S/C13H20N2S/c1-9-7-13(8-9,14-2)12-15-10-5-3-4-6-11(10)16-12/h9,14H,3-8H2,1-2H3. The topological polar surface area (TPSA) is 24.9 Å². The predicted molar refractivity (Wildman–Crippen MR) is 67.9 cm³/mol. The van der Waals surface area contributed by atoms with Crippen LogP contribution in [-0.4, -0.2) is 12.0 Å². The first-order valence-corrected chi connectivity index (χ1v) is 7.23. The zero-order chi connectivity index (χ0) is 11.2. The van der Waals surface area contributed by atoms with Crippen molar-refractivity contribution in [1.82, 2.24) is 10.3 Å². The summed E-state index contributed by atoms with van der Waals surface area (Å²) >= 11 is 1.97. The van der Waals surface area contributed by atoms with E-state index in [-0.39, 0.29) is 5.54 Å². The Bertz CT molecular complexity index is 367. The number of nitrogens with one attached hydrogen (secondary N) is 1. The molecule has 0 radical (unpaired) electrons. The molecule has 88 valence electrons. The summed E-state index contributed by atoms with van der Waals surface area (Å²) in [6.45, 7) is 2.34. The van der Waals surface area contributed by atoms with Gasteiger partial charge in [-0.25, -0.2) is 4.98 Å². The maximum Gasteiger partial charge on any atom is 0.113 e. The first kappa shape index (κ1) is 10.7. The van der Waals surface area contributed by atoms with Gasteiger partial charge in [0.05, 0.1) is 11.2 Å². The molecule has 16 heavy (non-hydrogen) atoms. The Labute approximate surface area is 101 Å². The molecule has 0 aliphatic heterocycles. The van der Waals surface area contributed by atoms with E-state index in [9.17, 15) is 0 Å². The number of hydrogen-bond acceptors (Lipinski definition) is 3. The number of rotatable bonds is 2. The lowest BCUT2D eigenvalue weighted by Crippen LogP contribution is -2.50. The zero-order valence-corrected chi connectivity index (χ0v) is 11.0. The minimum Gasteiger partial charge on any atom is -0.308 e. The molecule has 0 saturated heterocycles. The molecular formula is C13H20N2S. The Morgan fingerprint density at radius 1 is 1.31 bits per heavy atom. The van der Waals surface area contributed by atoms with Crippen LogP contribution in [-0.2, 0) is 18.4 Å². The molecule has 1 aromatic rings. The van der Waals surface area contributed by atoms with Gasteiger partial charge in [0.25, 0.3) is 0 Å². The van der Waals surface area contributed by atoms with E-state index in [1.54, 1.807) is 4.88 Å². The summed E-state index contributed by atoms with van der Waals surface area (Å²) in [5, 5.41) is 4.88. The molecule has 0 spiro atoms. The zero-order valence-electron chi connectivity index (χ0n) is 10.2. The fourth-order valence-electron chi connectivity index (χ4n) is 3.17. The molecule has 2 nitrogen and oxygen atoms in total. The van der Waals surface area contributed by atoms with Crippen LogP contribution >= 0.6 is 11.3 Å². The van der Waals surface area contributed by atoms with Gasteiger partial charge in [0.2, 0.25) is 0 Å². The molecule has 3 heteroatoms. The molecule has 3 rings (SSSR count). The first-order chi connectivity index (χ1) is 7.73. The van der Waals surface area contributed by atoms with Crippen LogP contribution in [0.5, 0.6) is 0 Å². The maximum absolute atomic E-state index is 4.91. The summed E-state index contributed by atoms with van der Waals surface area (Å²) in [5.74, 6) is 0.855. The van der Waals surface area contributed by atoms with E-state index >= 15 is 0 Å². The molecular weight excluding hydrogens is 216 g/mol. The molecule has 2 aliphatic rings. The van der Waals surface area contributed by atoms with Crippen LogP contribution in [0.3, 0.4) is 0 Å². The number of aryl methyl sites for hydroxylation is 2. The molecule has 2 aliphatic carbocycles. The van der Waals surface area contributed by atoms with Crippen LogP contribution in [0.4, 0.5) is 0 Å². The van der Waals surface area contributed by atoms with Crippen LogP contribution in [0.15, 0.2) is 0 Å². The van der Waals surface area contributed by atoms with Crippen molar-refractivity contribution >= 4 is 11.3 Å². The molecule has 1 heterocycles. The van der Waals surface area contributed by atoms with E-state index in [2.05, 4.69) is 19.3 Å². The van der Waals surface area contributed by atoms with Crippen LogP contribution in [0, 0.1) is 5.92 Å². The van der Waals surface area contributed by atoms with Crippen LogP contribution in [0.2, 0.25) is 0 Å². The Hall–Kier alpha value is -0.410. The molecule has 0 unspecified atom stereocenters. The first-order valence-electron chi connectivity index (χ1n) is 6.41. The molecule has 1 N–H and O–H groups in total. The summed E-state index contributed by atoms with van der Waals surface area (Å²) in [6, 6.07) is 0. The summed E-state index contributed by atoms with van der Waals surface area (Å²) in [4.78, 5) is 6.47. The lowest BCUT2D eigenvalue weighted by molar-refractivity contribution is 0.124. The third kappa shape index (κ3) is 1.52. The number of fused-ring (bicyclic) bond motifs is 1. The fourth-order valence-corrected chi connectivity index (χ4v) is 4.54. The molecule has 0 atom stereocenters. The van der Waals surface area contributed by atoms with Gasteiger partial charge >= 0.3 is 0 Å². The highest BCUT2D eigenvalue weighted by atomic mass is 32.1. The third-order valence-electron chi connectivity index (χ3n) is 4.13. The SMILES string of the molecule is CNC1(c2nc3c(s2)CCCC3)CC(C)C1.